The van der Waals surface area contributed by atoms with Gasteiger partial charge >= 0.3 is 5.97 Å². The molecule has 0 unspecified atom stereocenters. The predicted molar refractivity (Wildman–Crippen MR) is 50.6 cm³/mol. The fourth-order valence-corrected chi connectivity index (χ4v) is 0.960. The van der Waals surface area contributed by atoms with E-state index in [9.17, 15) is 4.79 Å². The molecule has 0 saturated heterocycles. The Morgan fingerprint density at radius 1 is 1.50 bits per heavy atom. The monoisotopic (exact) mass is 196 g/mol. The first kappa shape index (κ1) is 10.5. The first-order chi connectivity index (χ1) is 6.76. The number of hydrogen-bond acceptors (Lipinski definition) is 5. The van der Waals surface area contributed by atoms with Crippen LogP contribution in [0.2, 0.25) is 0 Å². The molecule has 1 aromatic heterocycles. The zero-order valence-corrected chi connectivity index (χ0v) is 8.11. The highest BCUT2D eigenvalue weighted by atomic mass is 16.6. The standard InChI is InChI=1S/C9H12N2O3/c1-13-9(12)6-7-4-3-5-8(10-7)11-14-2/h3-5H,6H2,1-2H3,(H,10,11). The van der Waals surface area contributed by atoms with Crippen molar-refractivity contribution in [2.75, 3.05) is 19.7 Å². The van der Waals surface area contributed by atoms with Gasteiger partial charge in [0.25, 0.3) is 0 Å². The van der Waals surface area contributed by atoms with Gasteiger partial charge in [-0.15, -0.1) is 0 Å². The smallest absolute Gasteiger partial charge is 0.311 e. The van der Waals surface area contributed by atoms with Crippen LogP contribution in [0, 0.1) is 0 Å². The lowest BCUT2D eigenvalue weighted by Gasteiger charge is -2.03. The summed E-state index contributed by atoms with van der Waals surface area (Å²) in [6.45, 7) is 0. The van der Waals surface area contributed by atoms with E-state index in [1.807, 2.05) is 0 Å². The molecule has 5 heteroatoms. The molecule has 0 amide bonds. The van der Waals surface area contributed by atoms with Crippen molar-refractivity contribution in [1.82, 2.24) is 4.98 Å². The number of carbonyl (C=O) groups is 1. The van der Waals surface area contributed by atoms with E-state index in [1.165, 1.54) is 14.2 Å². The molecule has 1 heterocycles. The summed E-state index contributed by atoms with van der Waals surface area (Å²) in [7, 11) is 2.84. The second kappa shape index (κ2) is 5.18. The second-order valence-corrected chi connectivity index (χ2v) is 2.57. The van der Waals surface area contributed by atoms with Gasteiger partial charge in [-0.2, -0.15) is 0 Å². The molecular formula is C9H12N2O3. The van der Waals surface area contributed by atoms with Gasteiger partial charge in [0.2, 0.25) is 0 Å². The predicted octanol–water partition coefficient (Wildman–Crippen LogP) is 0.770. The summed E-state index contributed by atoms with van der Waals surface area (Å²) in [5.74, 6) is 0.251. The Balaban J connectivity index is 2.68. The summed E-state index contributed by atoms with van der Waals surface area (Å²) < 4.78 is 4.52. The van der Waals surface area contributed by atoms with E-state index in [0.29, 0.717) is 11.5 Å². The average Bonchev–Trinajstić information content (AvgIpc) is 2.19. The molecule has 1 N–H and O–H groups in total. The van der Waals surface area contributed by atoms with Crippen molar-refractivity contribution in [3.05, 3.63) is 23.9 Å². The van der Waals surface area contributed by atoms with Crippen LogP contribution in [0.25, 0.3) is 0 Å². The molecule has 76 valence electrons. The summed E-state index contributed by atoms with van der Waals surface area (Å²) in [5, 5.41) is 0. The van der Waals surface area contributed by atoms with Crippen LogP contribution >= 0.6 is 0 Å². The molecule has 1 aromatic rings. The number of anilines is 1. The number of methoxy groups -OCH3 is 1. The molecule has 0 radical (unpaired) electrons. The number of esters is 1. The molecule has 0 aromatic carbocycles. The lowest BCUT2D eigenvalue weighted by atomic mass is 10.3. The van der Waals surface area contributed by atoms with Crippen LogP contribution < -0.4 is 5.48 Å². The SMILES string of the molecule is CONc1cccc(CC(=O)OC)n1. The van der Waals surface area contributed by atoms with Crippen molar-refractivity contribution in [1.29, 1.82) is 0 Å². The topological polar surface area (TPSA) is 60.5 Å². The van der Waals surface area contributed by atoms with Gasteiger partial charge in [-0.25, -0.2) is 10.5 Å². The van der Waals surface area contributed by atoms with Crippen LogP contribution in [-0.4, -0.2) is 25.2 Å². The molecule has 0 aliphatic carbocycles. The van der Waals surface area contributed by atoms with Crippen LogP contribution in [0.5, 0.6) is 0 Å². The summed E-state index contributed by atoms with van der Waals surface area (Å²) >= 11 is 0. The fraction of sp³-hybridized carbons (Fsp3) is 0.333. The van der Waals surface area contributed by atoms with Gasteiger partial charge in [0.15, 0.2) is 0 Å². The summed E-state index contributed by atoms with van der Waals surface area (Å²) in [6, 6.07) is 5.27. The number of rotatable bonds is 4. The maximum atomic E-state index is 10.9. The van der Waals surface area contributed by atoms with E-state index in [-0.39, 0.29) is 12.4 Å². The number of aromatic nitrogens is 1. The summed E-state index contributed by atoms with van der Waals surface area (Å²) in [6.07, 6.45) is 0.162. The first-order valence-electron chi connectivity index (χ1n) is 4.08. The van der Waals surface area contributed by atoms with E-state index >= 15 is 0 Å². The third-order valence-electron chi connectivity index (χ3n) is 1.57. The molecule has 5 nitrogen and oxygen atoms in total. The molecule has 14 heavy (non-hydrogen) atoms. The van der Waals surface area contributed by atoms with Gasteiger partial charge in [-0.05, 0) is 12.1 Å². The normalized spacial score (nSPS) is 9.57. The van der Waals surface area contributed by atoms with Crippen LogP contribution in [0.4, 0.5) is 5.82 Å². The highest BCUT2D eigenvalue weighted by molar-refractivity contribution is 5.71. The Labute approximate surface area is 82.0 Å². The molecule has 0 aliphatic rings. The molecule has 1 rings (SSSR count). The van der Waals surface area contributed by atoms with Crippen molar-refractivity contribution >= 4 is 11.8 Å². The van der Waals surface area contributed by atoms with Gasteiger partial charge in [-0.3, -0.25) is 9.63 Å². The van der Waals surface area contributed by atoms with Crippen molar-refractivity contribution < 1.29 is 14.4 Å². The highest BCUT2D eigenvalue weighted by Gasteiger charge is 2.04. The number of hydrogen-bond donors (Lipinski definition) is 1. The molecular weight excluding hydrogens is 184 g/mol. The van der Waals surface area contributed by atoms with Gasteiger partial charge < -0.3 is 4.74 Å². The molecule has 0 saturated carbocycles. The Kier molecular flexibility index (Phi) is 3.87. The molecule has 0 atom stereocenters. The van der Waals surface area contributed by atoms with E-state index in [2.05, 4.69) is 20.0 Å². The molecule has 0 fully saturated rings. The second-order valence-electron chi connectivity index (χ2n) is 2.57. The molecule has 0 spiro atoms. The Morgan fingerprint density at radius 3 is 2.93 bits per heavy atom. The quantitative estimate of drug-likeness (QED) is 0.569. The third-order valence-corrected chi connectivity index (χ3v) is 1.57. The van der Waals surface area contributed by atoms with Crippen molar-refractivity contribution in [2.45, 2.75) is 6.42 Å². The van der Waals surface area contributed by atoms with Crippen molar-refractivity contribution in [3.63, 3.8) is 0 Å². The average molecular weight is 196 g/mol. The van der Waals surface area contributed by atoms with Crippen LogP contribution in [0.3, 0.4) is 0 Å². The van der Waals surface area contributed by atoms with Gasteiger partial charge in [0.1, 0.15) is 5.82 Å². The first-order valence-corrected chi connectivity index (χ1v) is 4.08. The molecule has 0 aliphatic heterocycles. The van der Waals surface area contributed by atoms with Gasteiger partial charge in [0.05, 0.1) is 26.3 Å². The van der Waals surface area contributed by atoms with Crippen LogP contribution in [0.1, 0.15) is 5.69 Å². The summed E-state index contributed by atoms with van der Waals surface area (Å²) in [4.78, 5) is 19.7. The Bertz CT molecular complexity index is 315. The van der Waals surface area contributed by atoms with E-state index in [0.717, 1.165) is 0 Å². The van der Waals surface area contributed by atoms with Gasteiger partial charge in [0, 0.05) is 0 Å². The fourth-order valence-electron chi connectivity index (χ4n) is 0.960. The maximum Gasteiger partial charge on any atom is 0.311 e. The van der Waals surface area contributed by atoms with E-state index in [1.54, 1.807) is 18.2 Å². The van der Waals surface area contributed by atoms with E-state index < -0.39 is 0 Å². The molecule has 0 bridgehead atoms. The zero-order chi connectivity index (χ0) is 10.4. The number of ether oxygens (including phenoxy) is 1. The zero-order valence-electron chi connectivity index (χ0n) is 8.11. The Hall–Kier alpha value is -1.62. The van der Waals surface area contributed by atoms with E-state index in [4.69, 9.17) is 0 Å². The van der Waals surface area contributed by atoms with Crippen LogP contribution in [0.15, 0.2) is 18.2 Å². The minimum atomic E-state index is -0.313. The highest BCUT2D eigenvalue weighted by Crippen LogP contribution is 2.05. The van der Waals surface area contributed by atoms with Crippen LogP contribution in [-0.2, 0) is 20.8 Å². The van der Waals surface area contributed by atoms with Gasteiger partial charge in [-0.1, -0.05) is 6.07 Å². The minimum Gasteiger partial charge on any atom is -0.469 e. The number of nitrogens with zero attached hydrogens (tertiary/aromatic N) is 1. The number of pyridine rings is 1. The Morgan fingerprint density at radius 2 is 2.29 bits per heavy atom. The van der Waals surface area contributed by atoms with Crippen molar-refractivity contribution in [3.8, 4) is 0 Å². The third kappa shape index (κ3) is 3.02. The largest absolute Gasteiger partial charge is 0.469 e. The number of carbonyl (C=O) groups excluding carboxylic acids is 1. The lowest BCUT2D eigenvalue weighted by Crippen LogP contribution is -2.07. The number of nitrogens with one attached hydrogen (secondary N) is 1. The summed E-state index contributed by atoms with van der Waals surface area (Å²) in [5.41, 5.74) is 3.21. The van der Waals surface area contributed by atoms with Crippen molar-refractivity contribution in [2.24, 2.45) is 0 Å². The lowest BCUT2D eigenvalue weighted by molar-refractivity contribution is -0.139. The maximum absolute atomic E-state index is 10.9. The minimum absolute atomic E-state index is 0.162.